The molecule has 0 saturated carbocycles. The van der Waals surface area contributed by atoms with E-state index in [-0.39, 0.29) is 5.91 Å². The van der Waals surface area contributed by atoms with Crippen molar-refractivity contribution in [3.63, 3.8) is 0 Å². The van der Waals surface area contributed by atoms with Crippen LogP contribution in [0.1, 0.15) is 23.3 Å². The molecule has 1 fully saturated rings. The van der Waals surface area contributed by atoms with Gasteiger partial charge >= 0.3 is 0 Å². The summed E-state index contributed by atoms with van der Waals surface area (Å²) in [6.07, 6.45) is 5.39. The van der Waals surface area contributed by atoms with Gasteiger partial charge in [-0.15, -0.1) is 0 Å². The number of amides is 1. The molecule has 0 radical (unpaired) electrons. The smallest absolute Gasteiger partial charge is 0.276 e. The SMILES string of the molecule is O=C(c1cc(-c2ccco2)on1)N1CCC(Cn2cnc3ccccc32)CC1. The van der Waals surface area contributed by atoms with Gasteiger partial charge in [-0.25, -0.2) is 4.98 Å². The third kappa shape index (κ3) is 3.09. The normalized spacial score (nSPS) is 15.4. The Morgan fingerprint density at radius 1 is 1.11 bits per heavy atom. The zero-order valence-corrected chi connectivity index (χ0v) is 15.3. The van der Waals surface area contributed by atoms with E-state index < -0.39 is 0 Å². The molecule has 142 valence electrons. The maximum absolute atomic E-state index is 12.7. The van der Waals surface area contributed by atoms with Crippen molar-refractivity contribution in [3.05, 3.63) is 60.7 Å². The molecule has 4 aromatic rings. The largest absolute Gasteiger partial charge is 0.461 e. The highest BCUT2D eigenvalue weighted by atomic mass is 16.5. The Morgan fingerprint density at radius 2 is 1.96 bits per heavy atom. The molecule has 1 aromatic carbocycles. The second-order valence-electron chi connectivity index (χ2n) is 7.17. The van der Waals surface area contributed by atoms with Gasteiger partial charge in [0.1, 0.15) is 0 Å². The van der Waals surface area contributed by atoms with Crippen LogP contribution in [-0.2, 0) is 6.54 Å². The van der Waals surface area contributed by atoms with Crippen LogP contribution in [-0.4, -0.2) is 38.6 Å². The van der Waals surface area contributed by atoms with Crippen molar-refractivity contribution in [2.45, 2.75) is 19.4 Å². The first kappa shape index (κ1) is 16.8. The molecule has 0 aliphatic carbocycles. The number of piperidine rings is 1. The van der Waals surface area contributed by atoms with Gasteiger partial charge < -0.3 is 18.4 Å². The number of likely N-dealkylation sites (tertiary alicyclic amines) is 1. The predicted molar refractivity (Wildman–Crippen MR) is 103 cm³/mol. The highest BCUT2D eigenvalue weighted by Gasteiger charge is 2.26. The Balaban J connectivity index is 1.21. The number of hydrogen-bond donors (Lipinski definition) is 0. The average molecular weight is 376 g/mol. The zero-order chi connectivity index (χ0) is 18.9. The molecule has 7 heteroatoms. The molecule has 1 amide bonds. The molecule has 1 saturated heterocycles. The number of hydrogen-bond acceptors (Lipinski definition) is 5. The van der Waals surface area contributed by atoms with E-state index in [4.69, 9.17) is 8.94 Å². The molecule has 0 N–H and O–H groups in total. The molecule has 0 atom stereocenters. The minimum Gasteiger partial charge on any atom is -0.461 e. The van der Waals surface area contributed by atoms with Gasteiger partial charge in [0.05, 0.1) is 23.6 Å². The summed E-state index contributed by atoms with van der Waals surface area (Å²) in [4.78, 5) is 19.1. The fourth-order valence-electron chi connectivity index (χ4n) is 3.83. The van der Waals surface area contributed by atoms with Gasteiger partial charge in [-0.2, -0.15) is 0 Å². The highest BCUT2D eigenvalue weighted by molar-refractivity contribution is 5.93. The molecule has 28 heavy (non-hydrogen) atoms. The number of furan rings is 1. The number of para-hydroxylation sites is 2. The van der Waals surface area contributed by atoms with E-state index in [9.17, 15) is 4.79 Å². The van der Waals surface area contributed by atoms with Crippen molar-refractivity contribution in [2.75, 3.05) is 13.1 Å². The summed E-state index contributed by atoms with van der Waals surface area (Å²) in [6.45, 7) is 2.37. The first-order valence-corrected chi connectivity index (χ1v) is 9.47. The summed E-state index contributed by atoms with van der Waals surface area (Å²) in [6, 6.07) is 13.4. The summed E-state index contributed by atoms with van der Waals surface area (Å²) < 4.78 is 12.8. The quantitative estimate of drug-likeness (QED) is 0.541. The van der Waals surface area contributed by atoms with Crippen molar-refractivity contribution in [2.24, 2.45) is 5.92 Å². The van der Waals surface area contributed by atoms with Crippen LogP contribution in [0, 0.1) is 5.92 Å². The summed E-state index contributed by atoms with van der Waals surface area (Å²) in [5.41, 5.74) is 2.51. The fourth-order valence-corrected chi connectivity index (χ4v) is 3.83. The van der Waals surface area contributed by atoms with E-state index in [1.165, 1.54) is 0 Å². The lowest BCUT2D eigenvalue weighted by Crippen LogP contribution is -2.39. The van der Waals surface area contributed by atoms with Gasteiger partial charge in [-0.1, -0.05) is 17.3 Å². The topological polar surface area (TPSA) is 77.3 Å². The van der Waals surface area contributed by atoms with Gasteiger partial charge in [-0.05, 0) is 43.0 Å². The van der Waals surface area contributed by atoms with Crippen LogP contribution >= 0.6 is 0 Å². The number of rotatable bonds is 4. The van der Waals surface area contributed by atoms with Gasteiger partial charge in [0, 0.05) is 25.7 Å². The molecule has 0 unspecified atom stereocenters. The maximum Gasteiger partial charge on any atom is 0.276 e. The monoisotopic (exact) mass is 376 g/mol. The number of carbonyl (C=O) groups is 1. The summed E-state index contributed by atoms with van der Waals surface area (Å²) in [5.74, 6) is 1.47. The Kier molecular flexibility index (Phi) is 4.20. The van der Waals surface area contributed by atoms with E-state index in [1.54, 1.807) is 24.5 Å². The van der Waals surface area contributed by atoms with E-state index in [0.717, 1.165) is 43.5 Å². The average Bonchev–Trinajstić information content (AvgIpc) is 3.49. The highest BCUT2D eigenvalue weighted by Crippen LogP contribution is 2.25. The van der Waals surface area contributed by atoms with Gasteiger partial charge in [0.2, 0.25) is 5.76 Å². The second-order valence-corrected chi connectivity index (χ2v) is 7.17. The molecule has 0 spiro atoms. The Morgan fingerprint density at radius 3 is 2.79 bits per heavy atom. The Bertz CT molecular complexity index is 1090. The van der Waals surface area contributed by atoms with Crippen molar-refractivity contribution < 1.29 is 13.7 Å². The van der Waals surface area contributed by atoms with Crippen LogP contribution in [0.5, 0.6) is 0 Å². The van der Waals surface area contributed by atoms with Crippen LogP contribution < -0.4 is 0 Å². The molecular weight excluding hydrogens is 356 g/mol. The van der Waals surface area contributed by atoms with Crippen LogP contribution in [0.25, 0.3) is 22.6 Å². The molecular formula is C21H20N4O3. The van der Waals surface area contributed by atoms with Gasteiger partial charge in [0.15, 0.2) is 11.5 Å². The molecule has 1 aliphatic rings. The van der Waals surface area contributed by atoms with E-state index >= 15 is 0 Å². The van der Waals surface area contributed by atoms with Crippen LogP contribution in [0.3, 0.4) is 0 Å². The third-order valence-corrected chi connectivity index (χ3v) is 5.38. The maximum atomic E-state index is 12.7. The van der Waals surface area contributed by atoms with Crippen LogP contribution in [0.15, 0.2) is 64.0 Å². The van der Waals surface area contributed by atoms with Crippen molar-refractivity contribution in [3.8, 4) is 11.5 Å². The van der Waals surface area contributed by atoms with E-state index in [1.807, 2.05) is 29.4 Å². The fraction of sp³-hybridized carbons (Fsp3) is 0.286. The number of benzene rings is 1. The molecule has 0 bridgehead atoms. The number of carbonyl (C=O) groups excluding carboxylic acids is 1. The minimum absolute atomic E-state index is 0.0897. The molecule has 7 nitrogen and oxygen atoms in total. The Hall–Kier alpha value is -3.35. The lowest BCUT2D eigenvalue weighted by Gasteiger charge is -2.31. The number of imidazole rings is 1. The van der Waals surface area contributed by atoms with Crippen molar-refractivity contribution in [1.29, 1.82) is 0 Å². The summed E-state index contributed by atoms with van der Waals surface area (Å²) in [7, 11) is 0. The third-order valence-electron chi connectivity index (χ3n) is 5.38. The standard InChI is InChI=1S/C21H20N4O3/c26-21(17-12-20(28-23-17)19-6-3-11-27-19)24-9-7-15(8-10-24)13-25-14-22-16-4-1-2-5-18(16)25/h1-6,11-12,14-15H,7-10,13H2. The van der Waals surface area contributed by atoms with E-state index in [2.05, 4.69) is 20.8 Å². The first-order valence-electron chi connectivity index (χ1n) is 9.47. The van der Waals surface area contributed by atoms with Crippen molar-refractivity contribution >= 4 is 16.9 Å². The lowest BCUT2D eigenvalue weighted by molar-refractivity contribution is 0.0673. The van der Waals surface area contributed by atoms with Gasteiger partial charge in [0.25, 0.3) is 5.91 Å². The number of aromatic nitrogens is 3. The van der Waals surface area contributed by atoms with Crippen molar-refractivity contribution in [1.82, 2.24) is 19.6 Å². The predicted octanol–water partition coefficient (Wildman–Crippen LogP) is 3.84. The van der Waals surface area contributed by atoms with Gasteiger partial charge in [-0.3, -0.25) is 4.79 Å². The van der Waals surface area contributed by atoms with Crippen LogP contribution in [0.2, 0.25) is 0 Å². The molecule has 3 aromatic heterocycles. The second kappa shape index (κ2) is 6.99. The minimum atomic E-state index is -0.0897. The molecule has 5 rings (SSSR count). The molecule has 1 aliphatic heterocycles. The first-order chi connectivity index (χ1) is 13.8. The number of fused-ring (bicyclic) bond motifs is 1. The van der Waals surface area contributed by atoms with Crippen LogP contribution in [0.4, 0.5) is 0 Å². The summed E-state index contributed by atoms with van der Waals surface area (Å²) in [5, 5.41) is 3.92. The van der Waals surface area contributed by atoms with E-state index in [0.29, 0.717) is 23.1 Å². The lowest BCUT2D eigenvalue weighted by atomic mass is 9.96. The summed E-state index contributed by atoms with van der Waals surface area (Å²) >= 11 is 0. The molecule has 4 heterocycles. The number of nitrogens with zero attached hydrogens (tertiary/aromatic N) is 4. The Labute approximate surface area is 161 Å². The zero-order valence-electron chi connectivity index (χ0n) is 15.3.